The summed E-state index contributed by atoms with van der Waals surface area (Å²) in [6, 6.07) is 0. The first-order valence-electron chi connectivity index (χ1n) is 9.58. The number of alkyl halides is 23. The first-order valence-corrected chi connectivity index (χ1v) is 9.58. The van der Waals surface area contributed by atoms with Gasteiger partial charge in [-0.25, -0.2) is 9.18 Å². The second-order valence-electron chi connectivity index (χ2n) is 8.14. The summed E-state index contributed by atoms with van der Waals surface area (Å²) in [6.07, 6.45) is -23.2. The minimum atomic E-state index is -9.51. The Bertz CT molecular complexity index is 1000. The van der Waals surface area contributed by atoms with E-state index in [1.807, 2.05) is 0 Å². The molecular weight excluding hydrogens is 673 g/mol. The third-order valence-electron chi connectivity index (χ3n) is 5.31. The Kier molecular flexibility index (Phi) is 9.76. The lowest BCUT2D eigenvalue weighted by Crippen LogP contribution is -2.79. The van der Waals surface area contributed by atoms with Crippen molar-refractivity contribution < 1.29 is 111 Å². The molecule has 0 saturated carbocycles. The third-order valence-corrected chi connectivity index (χ3v) is 5.31. The lowest BCUT2D eigenvalue weighted by molar-refractivity contribution is -0.481. The summed E-state index contributed by atoms with van der Waals surface area (Å²) in [6.45, 7) is 2.59. The molecule has 0 atom stereocenters. The summed E-state index contributed by atoms with van der Waals surface area (Å²) in [5, 5.41) is 8.36. The average molecular weight is 682 g/mol. The molecule has 0 aliphatic rings. The van der Waals surface area contributed by atoms with Gasteiger partial charge in [0.15, 0.2) is 0 Å². The molecular formula is C17H9F23O2. The quantitative estimate of drug-likeness (QED) is 0.156. The van der Waals surface area contributed by atoms with E-state index in [4.69, 9.17) is 5.11 Å². The molecule has 0 fully saturated rings. The zero-order valence-corrected chi connectivity index (χ0v) is 18.9. The van der Waals surface area contributed by atoms with Gasteiger partial charge in [0.05, 0.1) is 0 Å². The molecule has 0 aliphatic heterocycles. The number of carboxylic acids is 1. The summed E-state index contributed by atoms with van der Waals surface area (Å²) in [7, 11) is 0. The van der Waals surface area contributed by atoms with Crippen LogP contribution in [0.3, 0.4) is 0 Å². The molecule has 25 heteroatoms. The highest BCUT2D eigenvalue weighted by Gasteiger charge is 2.99. The molecule has 0 spiro atoms. The van der Waals surface area contributed by atoms with Crippen LogP contribution in [0.15, 0.2) is 12.2 Å². The fourth-order valence-corrected chi connectivity index (χ4v) is 2.74. The molecule has 0 aromatic rings. The molecule has 0 amide bonds. The van der Waals surface area contributed by atoms with Gasteiger partial charge in [0, 0.05) is 12.0 Å². The van der Waals surface area contributed by atoms with Crippen LogP contribution in [0.2, 0.25) is 0 Å². The third kappa shape index (κ3) is 5.18. The average Bonchev–Trinajstić information content (AvgIpc) is 2.75. The predicted octanol–water partition coefficient (Wildman–Crippen LogP) is 8.71. The Balaban J connectivity index is 7.07. The Morgan fingerprint density at radius 3 is 1.00 bits per heavy atom. The van der Waals surface area contributed by atoms with Crippen LogP contribution in [-0.2, 0) is 4.79 Å². The molecule has 0 aromatic carbocycles. The van der Waals surface area contributed by atoms with Gasteiger partial charge in [-0.1, -0.05) is 6.58 Å². The highest BCUT2D eigenvalue weighted by atomic mass is 19.4. The molecule has 0 aliphatic carbocycles. The number of hydrogen-bond donors (Lipinski definition) is 1. The number of hydrogen-bond acceptors (Lipinski definition) is 1. The lowest BCUT2D eigenvalue weighted by Gasteiger charge is -2.46. The maximum absolute atomic E-state index is 13.7. The molecule has 250 valence electrons. The van der Waals surface area contributed by atoms with Gasteiger partial charge in [0.1, 0.15) is 0 Å². The zero-order chi connectivity index (χ0) is 34.8. The SMILES string of the molecule is C=C(CCCC(F)(F)C(F)(F)C(F)(F)C(F)(F)C(F)(F)C(F)(F)C(F)(F)C(F)(F)C(F)(C(F)(F)F)C(F)(F)F)C(=O)O. The molecule has 0 saturated heterocycles. The van der Waals surface area contributed by atoms with E-state index in [1.54, 1.807) is 0 Å². The minimum Gasteiger partial charge on any atom is -0.478 e. The first kappa shape index (κ1) is 39.6. The first-order chi connectivity index (χ1) is 17.8. The van der Waals surface area contributed by atoms with Gasteiger partial charge in [-0.3, -0.25) is 0 Å². The van der Waals surface area contributed by atoms with Gasteiger partial charge < -0.3 is 5.11 Å². The molecule has 1 N–H and O–H groups in total. The summed E-state index contributed by atoms with van der Waals surface area (Å²) in [5.41, 5.74) is -10.2. The number of carboxylic acid groups (broad SMARTS) is 1. The van der Waals surface area contributed by atoms with Crippen LogP contribution in [-0.4, -0.2) is 76.5 Å². The van der Waals surface area contributed by atoms with Crippen molar-refractivity contribution in [1.29, 1.82) is 0 Å². The van der Waals surface area contributed by atoms with E-state index in [1.165, 1.54) is 0 Å². The number of halogens is 23. The van der Waals surface area contributed by atoms with Crippen LogP contribution in [0.5, 0.6) is 0 Å². The summed E-state index contributed by atoms with van der Waals surface area (Å²) < 4.78 is 306. The highest BCUT2D eigenvalue weighted by Crippen LogP contribution is 2.68. The summed E-state index contributed by atoms with van der Waals surface area (Å²) in [5.74, 6) is -72.9. The Morgan fingerprint density at radius 2 is 0.738 bits per heavy atom. The second-order valence-corrected chi connectivity index (χ2v) is 8.14. The Hall–Kier alpha value is -2.40. The molecule has 0 aromatic heterocycles. The number of aliphatic carboxylic acids is 1. The number of carbonyl (C=O) groups is 1. The van der Waals surface area contributed by atoms with Crippen molar-refractivity contribution in [3.8, 4) is 0 Å². The fraction of sp³-hybridized carbons (Fsp3) is 0.824. The molecule has 42 heavy (non-hydrogen) atoms. The van der Waals surface area contributed by atoms with Gasteiger partial charge in [0.25, 0.3) is 0 Å². The van der Waals surface area contributed by atoms with Crippen molar-refractivity contribution >= 4 is 5.97 Å². The highest BCUT2D eigenvalue weighted by molar-refractivity contribution is 5.85. The van der Waals surface area contributed by atoms with E-state index in [-0.39, 0.29) is 0 Å². The predicted molar refractivity (Wildman–Crippen MR) is 86.2 cm³/mol. The van der Waals surface area contributed by atoms with Crippen molar-refractivity contribution in [3.63, 3.8) is 0 Å². The van der Waals surface area contributed by atoms with Crippen LogP contribution in [0.4, 0.5) is 101 Å². The van der Waals surface area contributed by atoms with Crippen molar-refractivity contribution in [2.75, 3.05) is 0 Å². The Labute approximate surface area is 215 Å². The van der Waals surface area contributed by atoms with Gasteiger partial charge in [-0.2, -0.15) is 96.6 Å². The molecule has 0 radical (unpaired) electrons. The fourth-order valence-electron chi connectivity index (χ4n) is 2.74. The van der Waals surface area contributed by atoms with Crippen LogP contribution < -0.4 is 0 Å². The van der Waals surface area contributed by atoms with Crippen LogP contribution in [0.25, 0.3) is 0 Å². The van der Waals surface area contributed by atoms with Gasteiger partial charge >= 0.3 is 71.4 Å². The van der Waals surface area contributed by atoms with E-state index >= 15 is 0 Å². The van der Waals surface area contributed by atoms with Crippen LogP contribution in [0.1, 0.15) is 19.3 Å². The summed E-state index contributed by atoms with van der Waals surface area (Å²) in [4.78, 5) is 10.4. The largest absolute Gasteiger partial charge is 0.478 e. The molecule has 2 nitrogen and oxygen atoms in total. The van der Waals surface area contributed by atoms with E-state index in [9.17, 15) is 106 Å². The topological polar surface area (TPSA) is 37.3 Å². The standard InChI is InChI=1S/C17H9F23O2/c1-5(6(41)42)3-2-4-7(18,19)9(21,22)11(25,26)13(29,30)15(33,34)14(31,32)12(27,28)10(23,24)8(20,16(35,36)37)17(38,39)40/h1-4H2,(H,41,42). The van der Waals surface area contributed by atoms with Crippen LogP contribution >= 0.6 is 0 Å². The van der Waals surface area contributed by atoms with Crippen LogP contribution in [0, 0.1) is 0 Å². The van der Waals surface area contributed by atoms with Gasteiger partial charge in [-0.15, -0.1) is 0 Å². The second kappa shape index (κ2) is 10.4. The smallest absolute Gasteiger partial charge is 0.438 e. The van der Waals surface area contributed by atoms with E-state index in [0.717, 1.165) is 0 Å². The Morgan fingerprint density at radius 1 is 0.476 bits per heavy atom. The van der Waals surface area contributed by atoms with Crippen molar-refractivity contribution in [2.24, 2.45) is 0 Å². The molecule has 0 bridgehead atoms. The van der Waals surface area contributed by atoms with Gasteiger partial charge in [0.2, 0.25) is 0 Å². The van der Waals surface area contributed by atoms with Crippen molar-refractivity contribution in [1.82, 2.24) is 0 Å². The molecule has 0 unspecified atom stereocenters. The molecule has 0 rings (SSSR count). The lowest BCUT2D eigenvalue weighted by atomic mass is 9.82. The maximum atomic E-state index is 13.7. The maximum Gasteiger partial charge on any atom is 0.438 e. The summed E-state index contributed by atoms with van der Waals surface area (Å²) >= 11 is 0. The van der Waals surface area contributed by atoms with Crippen molar-refractivity contribution in [3.05, 3.63) is 12.2 Å². The van der Waals surface area contributed by atoms with Gasteiger partial charge in [-0.05, 0) is 12.8 Å². The molecule has 0 heterocycles. The van der Waals surface area contributed by atoms with E-state index in [2.05, 4.69) is 6.58 Å². The normalized spacial score (nSPS) is 16.1. The monoisotopic (exact) mass is 682 g/mol. The van der Waals surface area contributed by atoms with Crippen molar-refractivity contribution in [2.45, 2.75) is 84.7 Å². The number of rotatable bonds is 13. The zero-order valence-electron chi connectivity index (χ0n) is 18.9. The van der Waals surface area contributed by atoms with E-state index in [0.29, 0.717) is 0 Å². The van der Waals surface area contributed by atoms with E-state index < -0.39 is 96.2 Å². The minimum absolute atomic E-state index is 1.16.